The predicted molar refractivity (Wildman–Crippen MR) is 80.7 cm³/mol. The molecule has 0 atom stereocenters. The van der Waals surface area contributed by atoms with Gasteiger partial charge in [0.15, 0.2) is 0 Å². The van der Waals surface area contributed by atoms with E-state index in [4.69, 9.17) is 0 Å². The van der Waals surface area contributed by atoms with Gasteiger partial charge in [-0.1, -0.05) is 48.5 Å². The maximum Gasteiger partial charge on any atom is 0.294 e. The number of nitrogens with zero attached hydrogens (tertiary/aromatic N) is 2. The molecule has 5 heteroatoms. The van der Waals surface area contributed by atoms with Gasteiger partial charge in [0.2, 0.25) is 0 Å². The second-order valence-electron chi connectivity index (χ2n) is 3.93. The van der Waals surface area contributed by atoms with E-state index in [9.17, 15) is 10.1 Å². The van der Waals surface area contributed by atoms with Crippen LogP contribution in [0.2, 0.25) is 0 Å². The number of hydrazone groups is 1. The van der Waals surface area contributed by atoms with Crippen molar-refractivity contribution in [1.82, 2.24) is 0 Å². The largest absolute Gasteiger partial charge is 0.294 e. The van der Waals surface area contributed by atoms with Gasteiger partial charge in [0, 0.05) is 12.3 Å². The average Bonchev–Trinajstić information content (AvgIpc) is 2.48. The molecule has 0 saturated heterocycles. The first kappa shape index (κ1) is 13.5. The predicted octanol–water partition coefficient (Wildman–Crippen LogP) is 3.71. The molecule has 0 radical (unpaired) electrons. The van der Waals surface area contributed by atoms with Gasteiger partial charge in [-0.2, -0.15) is 5.10 Å². The van der Waals surface area contributed by atoms with Gasteiger partial charge < -0.3 is 0 Å². The lowest BCUT2D eigenvalue weighted by atomic mass is 10.2. The van der Waals surface area contributed by atoms with Crippen LogP contribution in [0.4, 0.5) is 11.4 Å². The van der Waals surface area contributed by atoms with Crippen LogP contribution < -0.4 is 5.43 Å². The summed E-state index contributed by atoms with van der Waals surface area (Å²) in [5.41, 5.74) is 4.08. The van der Waals surface area contributed by atoms with Gasteiger partial charge in [-0.3, -0.25) is 15.5 Å². The van der Waals surface area contributed by atoms with E-state index in [2.05, 4.69) is 10.5 Å². The van der Waals surface area contributed by atoms with E-state index in [0.717, 1.165) is 5.56 Å². The fraction of sp³-hybridized carbons (Fsp3) is 0. The zero-order valence-electron chi connectivity index (χ0n) is 10.6. The summed E-state index contributed by atoms with van der Waals surface area (Å²) in [7, 11) is 0. The van der Waals surface area contributed by atoms with Crippen molar-refractivity contribution in [1.29, 1.82) is 0 Å². The SMILES string of the molecule is O=[N+]([O-])c1ccccc1N/N=C/C=C/c1ccccc1. The van der Waals surface area contributed by atoms with Gasteiger partial charge in [-0.05, 0) is 17.7 Å². The van der Waals surface area contributed by atoms with Crippen molar-refractivity contribution in [2.24, 2.45) is 5.10 Å². The molecule has 2 aromatic rings. The van der Waals surface area contributed by atoms with Gasteiger partial charge in [0.25, 0.3) is 5.69 Å². The van der Waals surface area contributed by atoms with Crippen molar-refractivity contribution in [3.05, 3.63) is 76.4 Å². The van der Waals surface area contributed by atoms with Gasteiger partial charge >= 0.3 is 0 Å². The lowest BCUT2D eigenvalue weighted by molar-refractivity contribution is -0.384. The average molecular weight is 267 g/mol. The Kier molecular flexibility index (Phi) is 4.61. The molecule has 0 saturated carbocycles. The topological polar surface area (TPSA) is 67.5 Å². The summed E-state index contributed by atoms with van der Waals surface area (Å²) in [6, 6.07) is 16.1. The van der Waals surface area contributed by atoms with E-state index in [0.29, 0.717) is 5.69 Å². The summed E-state index contributed by atoms with van der Waals surface area (Å²) in [4.78, 5) is 10.3. The molecule has 0 aliphatic heterocycles. The molecule has 0 amide bonds. The Hall–Kier alpha value is -2.95. The molecule has 0 aliphatic rings. The molecule has 0 aromatic heterocycles. The molecule has 2 aromatic carbocycles. The Balaban J connectivity index is 1.97. The quantitative estimate of drug-likeness (QED) is 0.510. The number of benzene rings is 2. The third kappa shape index (κ3) is 3.78. The smallest absolute Gasteiger partial charge is 0.272 e. The van der Waals surface area contributed by atoms with Crippen molar-refractivity contribution in [2.75, 3.05) is 5.43 Å². The third-order valence-electron chi connectivity index (χ3n) is 2.53. The molecule has 0 spiro atoms. The second kappa shape index (κ2) is 6.84. The maximum absolute atomic E-state index is 10.8. The van der Waals surface area contributed by atoms with Gasteiger partial charge in [-0.15, -0.1) is 0 Å². The molecule has 0 aliphatic carbocycles. The first-order valence-electron chi connectivity index (χ1n) is 6.01. The van der Waals surface area contributed by atoms with E-state index < -0.39 is 4.92 Å². The van der Waals surface area contributed by atoms with Crippen LogP contribution in [-0.4, -0.2) is 11.1 Å². The zero-order chi connectivity index (χ0) is 14.2. The molecule has 0 fully saturated rings. The summed E-state index contributed by atoms with van der Waals surface area (Å²) >= 11 is 0. The monoisotopic (exact) mass is 267 g/mol. The number of nitro benzene ring substituents is 1. The molecule has 0 heterocycles. The van der Waals surface area contributed by atoms with Crippen molar-refractivity contribution < 1.29 is 4.92 Å². The number of nitrogens with one attached hydrogen (secondary N) is 1. The van der Waals surface area contributed by atoms with Crippen LogP contribution in [0.25, 0.3) is 6.08 Å². The van der Waals surface area contributed by atoms with E-state index in [1.165, 1.54) is 6.07 Å². The molecule has 0 bridgehead atoms. The van der Waals surface area contributed by atoms with E-state index >= 15 is 0 Å². The summed E-state index contributed by atoms with van der Waals surface area (Å²) in [6.45, 7) is 0. The minimum absolute atomic E-state index is 0.00307. The van der Waals surface area contributed by atoms with E-state index in [1.807, 2.05) is 36.4 Å². The Morgan fingerprint density at radius 3 is 2.50 bits per heavy atom. The molecule has 2 rings (SSSR count). The van der Waals surface area contributed by atoms with Crippen molar-refractivity contribution in [3.8, 4) is 0 Å². The minimum Gasteiger partial charge on any atom is -0.272 e. The molecule has 1 N–H and O–H groups in total. The Bertz CT molecular complexity index is 637. The second-order valence-corrected chi connectivity index (χ2v) is 3.93. The van der Waals surface area contributed by atoms with E-state index in [1.54, 1.807) is 30.5 Å². The highest BCUT2D eigenvalue weighted by Gasteiger charge is 2.10. The van der Waals surface area contributed by atoms with Crippen LogP contribution in [0.3, 0.4) is 0 Å². The molecule has 20 heavy (non-hydrogen) atoms. The van der Waals surface area contributed by atoms with Crippen molar-refractivity contribution >= 4 is 23.7 Å². The number of allylic oxidation sites excluding steroid dienone is 1. The first-order valence-corrected chi connectivity index (χ1v) is 6.01. The Morgan fingerprint density at radius 1 is 1.05 bits per heavy atom. The lowest BCUT2D eigenvalue weighted by Crippen LogP contribution is -1.95. The number of nitro groups is 1. The highest BCUT2D eigenvalue weighted by atomic mass is 16.6. The fourth-order valence-corrected chi connectivity index (χ4v) is 1.60. The summed E-state index contributed by atoms with van der Waals surface area (Å²) in [5, 5.41) is 14.7. The highest BCUT2D eigenvalue weighted by Crippen LogP contribution is 2.22. The van der Waals surface area contributed by atoms with Gasteiger partial charge in [0.05, 0.1) is 4.92 Å². The standard InChI is InChI=1S/C15H13N3O2/c19-18(20)15-11-5-4-10-14(15)17-16-12-6-9-13-7-2-1-3-8-13/h1-12,17H/b9-6+,16-12+. The van der Waals surface area contributed by atoms with Crippen molar-refractivity contribution in [2.45, 2.75) is 0 Å². The molecule has 0 unspecified atom stereocenters. The first-order chi connectivity index (χ1) is 9.77. The van der Waals surface area contributed by atoms with E-state index in [-0.39, 0.29) is 5.69 Å². The van der Waals surface area contributed by atoms with Crippen LogP contribution in [0.5, 0.6) is 0 Å². The van der Waals surface area contributed by atoms with Crippen LogP contribution in [0.15, 0.2) is 65.8 Å². The molecule has 100 valence electrons. The zero-order valence-corrected chi connectivity index (χ0v) is 10.6. The summed E-state index contributed by atoms with van der Waals surface area (Å²) in [5.74, 6) is 0. The lowest BCUT2D eigenvalue weighted by Gasteiger charge is -2.00. The van der Waals surface area contributed by atoms with Crippen LogP contribution in [0.1, 0.15) is 5.56 Å². The van der Waals surface area contributed by atoms with Crippen LogP contribution in [0, 0.1) is 10.1 Å². The fourth-order valence-electron chi connectivity index (χ4n) is 1.60. The Labute approximate surface area is 116 Å². The van der Waals surface area contributed by atoms with Crippen molar-refractivity contribution in [3.63, 3.8) is 0 Å². The van der Waals surface area contributed by atoms with Crippen LogP contribution >= 0.6 is 0 Å². The molecule has 5 nitrogen and oxygen atoms in total. The number of anilines is 1. The summed E-state index contributed by atoms with van der Waals surface area (Å²) in [6.07, 6.45) is 5.20. The van der Waals surface area contributed by atoms with Gasteiger partial charge in [-0.25, -0.2) is 0 Å². The van der Waals surface area contributed by atoms with Crippen LogP contribution in [-0.2, 0) is 0 Å². The molecular formula is C15H13N3O2. The number of hydrogen-bond donors (Lipinski definition) is 1. The minimum atomic E-state index is -0.447. The third-order valence-corrected chi connectivity index (χ3v) is 2.53. The number of hydrogen-bond acceptors (Lipinski definition) is 4. The highest BCUT2D eigenvalue weighted by molar-refractivity contribution is 5.79. The Morgan fingerprint density at radius 2 is 1.75 bits per heavy atom. The number of para-hydroxylation sites is 2. The number of rotatable bonds is 5. The normalized spacial score (nSPS) is 11.0. The maximum atomic E-state index is 10.8. The summed E-state index contributed by atoms with van der Waals surface area (Å²) < 4.78 is 0. The molecular weight excluding hydrogens is 254 g/mol. The van der Waals surface area contributed by atoms with Gasteiger partial charge in [0.1, 0.15) is 5.69 Å².